The van der Waals surface area contributed by atoms with Crippen molar-refractivity contribution in [2.24, 2.45) is 4.40 Å². The van der Waals surface area contributed by atoms with E-state index in [4.69, 9.17) is 0 Å². The fraction of sp³-hybridized carbons (Fsp3) is 0.0952. The van der Waals surface area contributed by atoms with Crippen LogP contribution in [0.1, 0.15) is 20.7 Å². The third kappa shape index (κ3) is 3.89. The lowest BCUT2D eigenvalue weighted by molar-refractivity contribution is 0.0853. The molecule has 1 saturated heterocycles. The SMILES string of the molecule is O=C(c1ccccc1)N1CCN(C(=O)c2ccccc2)C1=NS(=O)(=O)c1cccs1. The Hall–Kier alpha value is -3.30. The molecular weight excluding hydrogens is 422 g/mol. The molecule has 0 N–H and O–H groups in total. The first kappa shape index (κ1) is 20.0. The summed E-state index contributed by atoms with van der Waals surface area (Å²) in [5.74, 6) is -1.02. The van der Waals surface area contributed by atoms with Gasteiger partial charge in [-0.1, -0.05) is 42.5 Å². The van der Waals surface area contributed by atoms with Crippen LogP contribution >= 0.6 is 11.3 Å². The van der Waals surface area contributed by atoms with Crippen LogP contribution in [0, 0.1) is 0 Å². The number of amides is 2. The van der Waals surface area contributed by atoms with Gasteiger partial charge in [-0.05, 0) is 35.7 Å². The maximum atomic E-state index is 13.0. The van der Waals surface area contributed by atoms with Crippen molar-refractivity contribution in [2.75, 3.05) is 13.1 Å². The molecule has 0 atom stereocenters. The van der Waals surface area contributed by atoms with Crippen LogP contribution in [0.15, 0.2) is 86.8 Å². The smallest absolute Gasteiger partial charge is 0.276 e. The molecule has 3 aromatic rings. The van der Waals surface area contributed by atoms with Gasteiger partial charge in [0.15, 0.2) is 0 Å². The molecule has 30 heavy (non-hydrogen) atoms. The number of carbonyl (C=O) groups excluding carboxylic acids is 2. The molecule has 0 radical (unpaired) electrons. The molecule has 1 aliphatic heterocycles. The predicted molar refractivity (Wildman–Crippen MR) is 114 cm³/mol. The third-order valence-corrected chi connectivity index (χ3v) is 7.14. The Bertz CT molecular complexity index is 1130. The first-order chi connectivity index (χ1) is 14.5. The number of benzene rings is 2. The minimum absolute atomic E-state index is 0.0427. The highest BCUT2D eigenvalue weighted by molar-refractivity contribution is 7.92. The molecule has 1 aromatic heterocycles. The molecular formula is C21H17N3O4S2. The van der Waals surface area contributed by atoms with E-state index in [1.165, 1.54) is 15.9 Å². The van der Waals surface area contributed by atoms with Crippen LogP contribution in [0.25, 0.3) is 0 Å². The van der Waals surface area contributed by atoms with Crippen molar-refractivity contribution in [2.45, 2.75) is 4.21 Å². The molecule has 2 aromatic carbocycles. The van der Waals surface area contributed by atoms with Crippen molar-refractivity contribution in [1.29, 1.82) is 0 Å². The van der Waals surface area contributed by atoms with E-state index in [1.54, 1.807) is 72.1 Å². The maximum Gasteiger partial charge on any atom is 0.295 e. The van der Waals surface area contributed by atoms with Crippen molar-refractivity contribution < 1.29 is 18.0 Å². The summed E-state index contributed by atoms with van der Waals surface area (Å²) in [7, 11) is -4.08. The van der Waals surface area contributed by atoms with Gasteiger partial charge in [0.25, 0.3) is 21.8 Å². The van der Waals surface area contributed by atoms with Gasteiger partial charge in [0, 0.05) is 24.2 Å². The highest BCUT2D eigenvalue weighted by atomic mass is 32.2. The molecule has 0 saturated carbocycles. The normalized spacial score (nSPS) is 14.1. The third-order valence-electron chi connectivity index (χ3n) is 4.51. The molecule has 4 rings (SSSR count). The van der Waals surface area contributed by atoms with Crippen LogP contribution in [0.2, 0.25) is 0 Å². The Kier molecular flexibility index (Phi) is 5.47. The Balaban J connectivity index is 1.77. The fourth-order valence-electron chi connectivity index (χ4n) is 3.06. The second-order valence-electron chi connectivity index (χ2n) is 6.44. The van der Waals surface area contributed by atoms with E-state index in [0.717, 1.165) is 11.3 Å². The minimum Gasteiger partial charge on any atom is -0.276 e. The number of sulfonamides is 1. The summed E-state index contributed by atoms with van der Waals surface area (Å²) < 4.78 is 29.6. The molecule has 9 heteroatoms. The average Bonchev–Trinajstić information content (AvgIpc) is 3.45. The van der Waals surface area contributed by atoms with E-state index in [-0.39, 0.29) is 23.3 Å². The summed E-state index contributed by atoms with van der Waals surface area (Å²) in [6, 6.07) is 20.0. The van der Waals surface area contributed by atoms with Gasteiger partial charge in [0.2, 0.25) is 5.96 Å². The van der Waals surface area contributed by atoms with E-state index < -0.39 is 21.8 Å². The lowest BCUT2D eigenvalue weighted by Crippen LogP contribution is -2.41. The molecule has 0 aliphatic carbocycles. The Morgan fingerprint density at radius 2 is 1.27 bits per heavy atom. The van der Waals surface area contributed by atoms with Crippen LogP contribution in [-0.4, -0.2) is 49.1 Å². The summed E-state index contributed by atoms with van der Waals surface area (Å²) in [6.45, 7) is 0.288. The fourth-order valence-corrected chi connectivity index (χ4v) is 5.03. The molecule has 2 amide bonds. The van der Waals surface area contributed by atoms with Crippen LogP contribution in [-0.2, 0) is 10.0 Å². The van der Waals surface area contributed by atoms with Crippen molar-refractivity contribution in [3.63, 3.8) is 0 Å². The van der Waals surface area contributed by atoms with E-state index in [9.17, 15) is 18.0 Å². The Labute approximate surface area is 178 Å². The summed E-state index contributed by atoms with van der Waals surface area (Å²) in [6.07, 6.45) is 0. The van der Waals surface area contributed by atoms with E-state index in [0.29, 0.717) is 11.1 Å². The summed E-state index contributed by atoms with van der Waals surface area (Å²) in [5.41, 5.74) is 0.764. The highest BCUT2D eigenvalue weighted by Gasteiger charge is 2.37. The van der Waals surface area contributed by atoms with Crippen molar-refractivity contribution in [3.05, 3.63) is 89.3 Å². The number of nitrogens with zero attached hydrogens (tertiary/aromatic N) is 3. The average molecular weight is 440 g/mol. The van der Waals surface area contributed by atoms with Gasteiger partial charge >= 0.3 is 0 Å². The molecule has 152 valence electrons. The van der Waals surface area contributed by atoms with Crippen molar-refractivity contribution >= 4 is 39.1 Å². The van der Waals surface area contributed by atoms with Gasteiger partial charge in [-0.2, -0.15) is 8.42 Å². The minimum atomic E-state index is -4.08. The van der Waals surface area contributed by atoms with Gasteiger partial charge < -0.3 is 0 Å². The van der Waals surface area contributed by atoms with Crippen LogP contribution in [0.4, 0.5) is 0 Å². The molecule has 0 bridgehead atoms. The number of thiophene rings is 1. The second-order valence-corrected chi connectivity index (χ2v) is 9.22. The number of hydrogen-bond acceptors (Lipinski definition) is 5. The molecule has 0 unspecified atom stereocenters. The molecule has 7 nitrogen and oxygen atoms in total. The van der Waals surface area contributed by atoms with Crippen LogP contribution < -0.4 is 0 Å². The second kappa shape index (κ2) is 8.21. The largest absolute Gasteiger partial charge is 0.295 e. The first-order valence-corrected chi connectivity index (χ1v) is 11.4. The van der Waals surface area contributed by atoms with Gasteiger partial charge in [-0.25, -0.2) is 0 Å². The zero-order valence-corrected chi connectivity index (χ0v) is 17.3. The summed E-state index contributed by atoms with van der Waals surface area (Å²) >= 11 is 1.02. The van der Waals surface area contributed by atoms with E-state index in [2.05, 4.69) is 4.40 Å². The topological polar surface area (TPSA) is 87.1 Å². The summed E-state index contributed by atoms with van der Waals surface area (Å²) in [5, 5.41) is 1.63. The van der Waals surface area contributed by atoms with E-state index >= 15 is 0 Å². The molecule has 2 heterocycles. The molecule has 1 aliphatic rings. The maximum absolute atomic E-state index is 13.0. The standard InChI is InChI=1S/C21H17N3O4S2/c25-19(16-8-3-1-4-9-16)23-13-14-24(20(26)17-10-5-2-6-11-17)21(23)22-30(27,28)18-12-7-15-29-18/h1-12,15H,13-14H2. The van der Waals surface area contributed by atoms with Crippen LogP contribution in [0.3, 0.4) is 0 Å². The lowest BCUT2D eigenvalue weighted by Gasteiger charge is -2.20. The Morgan fingerprint density at radius 3 is 1.70 bits per heavy atom. The number of guanidine groups is 1. The monoisotopic (exact) mass is 439 g/mol. The van der Waals surface area contributed by atoms with Gasteiger partial charge in [-0.3, -0.25) is 19.4 Å². The Morgan fingerprint density at radius 1 is 0.767 bits per heavy atom. The zero-order valence-electron chi connectivity index (χ0n) is 15.7. The van der Waals surface area contributed by atoms with Crippen LogP contribution in [0.5, 0.6) is 0 Å². The quantitative estimate of drug-likeness (QED) is 0.625. The molecule has 1 fully saturated rings. The summed E-state index contributed by atoms with van der Waals surface area (Å²) in [4.78, 5) is 28.6. The van der Waals surface area contributed by atoms with Crippen molar-refractivity contribution in [1.82, 2.24) is 9.80 Å². The number of rotatable bonds is 4. The van der Waals surface area contributed by atoms with Gasteiger partial charge in [0.05, 0.1) is 0 Å². The number of carbonyl (C=O) groups is 2. The molecule has 0 spiro atoms. The lowest BCUT2D eigenvalue weighted by atomic mass is 10.2. The zero-order chi connectivity index (χ0) is 21.1. The predicted octanol–water partition coefficient (Wildman–Crippen LogP) is 3.09. The highest BCUT2D eigenvalue weighted by Crippen LogP contribution is 2.23. The first-order valence-electron chi connectivity index (χ1n) is 9.10. The van der Waals surface area contributed by atoms with Gasteiger partial charge in [-0.15, -0.1) is 15.7 Å². The number of hydrogen-bond donors (Lipinski definition) is 0. The van der Waals surface area contributed by atoms with E-state index in [1.807, 2.05) is 0 Å². The van der Waals surface area contributed by atoms with Crippen molar-refractivity contribution in [3.8, 4) is 0 Å². The van der Waals surface area contributed by atoms with Gasteiger partial charge in [0.1, 0.15) is 4.21 Å².